The quantitative estimate of drug-likeness (QED) is 0.482. The van der Waals surface area contributed by atoms with Gasteiger partial charge in [-0.05, 0) is 12.1 Å². The fourth-order valence-electron chi connectivity index (χ4n) is 0.753. The lowest BCUT2D eigenvalue weighted by atomic mass is 10.2. The number of amides is 1. The van der Waals surface area contributed by atoms with Crippen molar-refractivity contribution in [3.05, 3.63) is 28.7 Å². The van der Waals surface area contributed by atoms with Crippen LogP contribution in [0.2, 0.25) is 0 Å². The summed E-state index contributed by atoms with van der Waals surface area (Å²) in [4.78, 5) is 20.4. The highest BCUT2D eigenvalue weighted by Gasteiger charge is 2.13. The van der Waals surface area contributed by atoms with Gasteiger partial charge in [-0.25, -0.2) is 0 Å². The summed E-state index contributed by atoms with van der Waals surface area (Å²) < 4.78 is 0. The molecule has 1 amide bonds. The minimum absolute atomic E-state index is 0.301. The molecule has 0 heterocycles. The van der Waals surface area contributed by atoms with Gasteiger partial charge in [-0.3, -0.25) is 4.79 Å². The van der Waals surface area contributed by atoms with E-state index < -0.39 is 17.4 Å². The molecule has 12 heavy (non-hydrogen) atoms. The average molecular weight is 167 g/mol. The number of hydrogen-bond donors (Lipinski definition) is 2. The maximum atomic E-state index is 10.6. The van der Waals surface area contributed by atoms with Crippen LogP contribution in [-0.4, -0.2) is 16.1 Å². The number of rotatable bonds is 1. The summed E-state index contributed by atoms with van der Waals surface area (Å²) in [6.45, 7) is 0. The SMILES string of the molecule is O=NC(=O)c1cccc(O)c1O. The number of phenolic OH excluding ortho intramolecular Hbond substituents is 2. The highest BCUT2D eigenvalue weighted by molar-refractivity contribution is 5.98. The standard InChI is InChI=1S/C7H5NO4/c9-5-3-1-2-4(6(5)10)7(11)8-12/h1-3,9-10H. The maximum Gasteiger partial charge on any atom is 0.320 e. The molecule has 1 aromatic rings. The first-order valence-corrected chi connectivity index (χ1v) is 3.05. The third-order valence-corrected chi connectivity index (χ3v) is 1.33. The number of carbonyl (C=O) groups excluding carboxylic acids is 1. The van der Waals surface area contributed by atoms with Crippen LogP contribution in [0.5, 0.6) is 11.5 Å². The van der Waals surface area contributed by atoms with Crippen LogP contribution in [0.4, 0.5) is 0 Å². The Bertz CT molecular complexity index is 334. The fourth-order valence-corrected chi connectivity index (χ4v) is 0.753. The largest absolute Gasteiger partial charge is 0.504 e. The summed E-state index contributed by atoms with van der Waals surface area (Å²) >= 11 is 0. The Kier molecular flexibility index (Phi) is 2.05. The van der Waals surface area contributed by atoms with Crippen molar-refractivity contribution in [3.8, 4) is 11.5 Å². The average Bonchev–Trinajstić information content (AvgIpc) is 2.08. The zero-order chi connectivity index (χ0) is 9.14. The lowest BCUT2D eigenvalue weighted by Gasteiger charge is -1.99. The van der Waals surface area contributed by atoms with E-state index in [9.17, 15) is 9.70 Å². The molecule has 5 heteroatoms. The lowest BCUT2D eigenvalue weighted by molar-refractivity contribution is 0.0997. The van der Waals surface area contributed by atoms with Gasteiger partial charge in [0.2, 0.25) is 0 Å². The van der Waals surface area contributed by atoms with Crippen molar-refractivity contribution in [1.29, 1.82) is 0 Å². The first-order valence-electron chi connectivity index (χ1n) is 3.05. The zero-order valence-electron chi connectivity index (χ0n) is 5.89. The van der Waals surface area contributed by atoms with Crippen LogP contribution >= 0.6 is 0 Å². The first-order chi connectivity index (χ1) is 5.66. The predicted octanol–water partition coefficient (Wildman–Crippen LogP) is 1.00. The van der Waals surface area contributed by atoms with Gasteiger partial charge in [-0.15, -0.1) is 4.91 Å². The van der Waals surface area contributed by atoms with Gasteiger partial charge in [0, 0.05) is 5.18 Å². The van der Waals surface area contributed by atoms with Crippen molar-refractivity contribution in [2.24, 2.45) is 5.18 Å². The number of nitroso groups, excluding NO2 is 1. The minimum Gasteiger partial charge on any atom is -0.504 e. The van der Waals surface area contributed by atoms with Crippen molar-refractivity contribution in [2.75, 3.05) is 0 Å². The minimum atomic E-state index is -1.11. The van der Waals surface area contributed by atoms with Crippen LogP contribution in [0.3, 0.4) is 0 Å². The third-order valence-electron chi connectivity index (χ3n) is 1.33. The smallest absolute Gasteiger partial charge is 0.320 e. The van der Waals surface area contributed by atoms with Gasteiger partial charge < -0.3 is 10.2 Å². The molecule has 1 rings (SSSR count). The Balaban J connectivity index is 3.25. The molecule has 0 saturated carbocycles. The van der Waals surface area contributed by atoms with E-state index in [0.717, 1.165) is 0 Å². The normalized spacial score (nSPS) is 9.33. The van der Waals surface area contributed by atoms with Crippen LogP contribution in [0.25, 0.3) is 0 Å². The predicted molar refractivity (Wildman–Crippen MR) is 39.9 cm³/mol. The Morgan fingerprint density at radius 2 is 2.00 bits per heavy atom. The molecule has 0 aliphatic rings. The molecule has 2 N–H and O–H groups in total. The number of hydrogen-bond acceptors (Lipinski definition) is 4. The topological polar surface area (TPSA) is 87.0 Å². The van der Waals surface area contributed by atoms with Crippen LogP contribution in [0.15, 0.2) is 23.4 Å². The number of benzene rings is 1. The van der Waals surface area contributed by atoms with Gasteiger partial charge in [0.1, 0.15) is 0 Å². The molecule has 0 saturated heterocycles. The molecule has 5 nitrogen and oxygen atoms in total. The van der Waals surface area contributed by atoms with E-state index in [1.54, 1.807) is 0 Å². The highest BCUT2D eigenvalue weighted by atomic mass is 16.3. The summed E-state index contributed by atoms with van der Waals surface area (Å²) in [6.07, 6.45) is 0. The number of nitrogens with zero attached hydrogens (tertiary/aromatic N) is 1. The van der Waals surface area contributed by atoms with Crippen LogP contribution in [0.1, 0.15) is 10.4 Å². The van der Waals surface area contributed by atoms with Gasteiger partial charge in [-0.1, -0.05) is 6.07 Å². The number of phenols is 2. The molecule has 0 bridgehead atoms. The Labute approximate surface area is 67.2 Å². The third kappa shape index (κ3) is 1.24. The number of aromatic hydroxyl groups is 2. The van der Waals surface area contributed by atoms with Crippen LogP contribution in [0, 0.1) is 4.91 Å². The molecule has 0 aliphatic heterocycles. The second-order valence-corrected chi connectivity index (χ2v) is 2.07. The molecule has 1 aromatic carbocycles. The molecule has 62 valence electrons. The number of carbonyl (C=O) groups is 1. The highest BCUT2D eigenvalue weighted by Crippen LogP contribution is 2.28. The van der Waals surface area contributed by atoms with Crippen molar-refractivity contribution in [1.82, 2.24) is 0 Å². The zero-order valence-corrected chi connectivity index (χ0v) is 5.89. The second-order valence-electron chi connectivity index (χ2n) is 2.07. The van der Waals surface area contributed by atoms with E-state index in [0.29, 0.717) is 0 Å². The molecule has 0 radical (unpaired) electrons. The van der Waals surface area contributed by atoms with Crippen LogP contribution < -0.4 is 0 Å². The summed E-state index contributed by atoms with van der Waals surface area (Å²) in [6, 6.07) is 3.71. The first kappa shape index (κ1) is 8.19. The molecule has 0 unspecified atom stereocenters. The molecular weight excluding hydrogens is 162 g/mol. The fraction of sp³-hybridized carbons (Fsp3) is 0. The monoisotopic (exact) mass is 167 g/mol. The second kappa shape index (κ2) is 3.00. The Morgan fingerprint density at radius 3 is 2.58 bits per heavy atom. The van der Waals surface area contributed by atoms with E-state index in [4.69, 9.17) is 10.2 Å². The van der Waals surface area contributed by atoms with Gasteiger partial charge in [-0.2, -0.15) is 0 Å². The number of para-hydroxylation sites is 1. The van der Waals surface area contributed by atoms with E-state index >= 15 is 0 Å². The van der Waals surface area contributed by atoms with E-state index in [2.05, 4.69) is 5.18 Å². The molecule has 0 aliphatic carbocycles. The molecule has 0 fully saturated rings. The van der Waals surface area contributed by atoms with Crippen molar-refractivity contribution >= 4 is 5.91 Å². The summed E-state index contributed by atoms with van der Waals surface area (Å²) in [5.74, 6) is -2.19. The lowest BCUT2D eigenvalue weighted by Crippen LogP contribution is -1.93. The van der Waals surface area contributed by atoms with E-state index in [-0.39, 0.29) is 5.56 Å². The molecule has 0 aromatic heterocycles. The Hall–Kier alpha value is -1.91. The van der Waals surface area contributed by atoms with E-state index in [1.807, 2.05) is 0 Å². The van der Waals surface area contributed by atoms with Crippen LogP contribution in [-0.2, 0) is 0 Å². The van der Waals surface area contributed by atoms with Gasteiger partial charge in [0.15, 0.2) is 11.5 Å². The van der Waals surface area contributed by atoms with Crippen molar-refractivity contribution in [3.63, 3.8) is 0 Å². The van der Waals surface area contributed by atoms with Crippen molar-refractivity contribution < 1.29 is 15.0 Å². The van der Waals surface area contributed by atoms with Gasteiger partial charge in [0.25, 0.3) is 0 Å². The van der Waals surface area contributed by atoms with Gasteiger partial charge >= 0.3 is 5.91 Å². The summed E-state index contributed by atoms with van der Waals surface area (Å²) in [5, 5.41) is 20.0. The maximum absolute atomic E-state index is 10.6. The van der Waals surface area contributed by atoms with E-state index in [1.165, 1.54) is 18.2 Å². The summed E-state index contributed by atoms with van der Waals surface area (Å²) in [7, 11) is 0. The molecule has 0 spiro atoms. The molecular formula is C7H5NO4. The van der Waals surface area contributed by atoms with Gasteiger partial charge in [0.05, 0.1) is 5.56 Å². The Morgan fingerprint density at radius 1 is 1.33 bits per heavy atom. The van der Waals surface area contributed by atoms with Crippen molar-refractivity contribution in [2.45, 2.75) is 0 Å². The summed E-state index contributed by atoms with van der Waals surface area (Å²) in [5.41, 5.74) is -0.301. The molecule has 0 atom stereocenters.